The van der Waals surface area contributed by atoms with Crippen molar-refractivity contribution in [3.8, 4) is 0 Å². The maximum Gasteiger partial charge on any atom is 0.153 e. The molecule has 4 rings (SSSR count). The van der Waals surface area contributed by atoms with Gasteiger partial charge in [0.15, 0.2) is 5.82 Å². The molecule has 0 unspecified atom stereocenters. The van der Waals surface area contributed by atoms with E-state index < -0.39 is 0 Å². The fourth-order valence-electron chi connectivity index (χ4n) is 3.23. The van der Waals surface area contributed by atoms with Gasteiger partial charge in [-0.3, -0.25) is 0 Å². The van der Waals surface area contributed by atoms with Gasteiger partial charge in [0.2, 0.25) is 0 Å². The Hall–Kier alpha value is -2.18. The number of fused-ring (bicyclic) bond motifs is 3. The van der Waals surface area contributed by atoms with Gasteiger partial charge in [-0.05, 0) is 6.07 Å². The fraction of sp³-hybridized carbons (Fsp3) is 0.412. The van der Waals surface area contributed by atoms with E-state index in [1.807, 2.05) is 12.1 Å². The van der Waals surface area contributed by atoms with Crippen molar-refractivity contribution in [1.82, 2.24) is 15.0 Å². The highest BCUT2D eigenvalue weighted by Crippen LogP contribution is 2.26. The second-order valence-corrected chi connectivity index (χ2v) is 6.01. The zero-order chi connectivity index (χ0) is 15.5. The van der Waals surface area contributed by atoms with Gasteiger partial charge in [-0.15, -0.1) is 0 Å². The van der Waals surface area contributed by atoms with E-state index in [1.54, 1.807) is 11.2 Å². The van der Waals surface area contributed by atoms with E-state index in [9.17, 15) is 0 Å². The molecule has 0 bridgehead atoms. The lowest BCUT2D eigenvalue weighted by atomic mass is 10.2. The molecular formula is C17H22N5O+. The number of hydrogen-bond donors (Lipinski definition) is 3. The second-order valence-electron chi connectivity index (χ2n) is 6.01. The molecule has 3 aromatic rings. The Morgan fingerprint density at radius 2 is 2.04 bits per heavy atom. The number of aromatic nitrogens is 3. The summed E-state index contributed by atoms with van der Waals surface area (Å²) in [5.41, 5.74) is 3.08. The minimum Gasteiger partial charge on any atom is -0.370 e. The Bertz CT molecular complexity index is 794. The van der Waals surface area contributed by atoms with E-state index >= 15 is 0 Å². The Balaban J connectivity index is 1.44. The summed E-state index contributed by atoms with van der Waals surface area (Å²) in [6.45, 7) is 6.14. The summed E-state index contributed by atoms with van der Waals surface area (Å²) < 4.78 is 5.39. The van der Waals surface area contributed by atoms with Crippen molar-refractivity contribution in [1.29, 1.82) is 0 Å². The first-order chi connectivity index (χ1) is 11.4. The number of hydrogen-bond acceptors (Lipinski definition) is 4. The number of para-hydroxylation sites is 1. The number of aromatic amines is 1. The number of anilines is 1. The number of benzene rings is 1. The van der Waals surface area contributed by atoms with Crippen molar-refractivity contribution < 1.29 is 9.64 Å². The smallest absolute Gasteiger partial charge is 0.153 e. The number of ether oxygens (including phenoxy) is 1. The van der Waals surface area contributed by atoms with Crippen LogP contribution in [-0.4, -0.2) is 54.3 Å². The molecule has 23 heavy (non-hydrogen) atoms. The molecule has 6 nitrogen and oxygen atoms in total. The Kier molecular flexibility index (Phi) is 4.08. The first-order valence-electron chi connectivity index (χ1n) is 8.28. The molecule has 1 fully saturated rings. The van der Waals surface area contributed by atoms with Crippen molar-refractivity contribution in [2.24, 2.45) is 0 Å². The highest BCUT2D eigenvalue weighted by atomic mass is 16.5. The zero-order valence-electron chi connectivity index (χ0n) is 13.1. The molecule has 0 amide bonds. The van der Waals surface area contributed by atoms with Crippen LogP contribution in [-0.2, 0) is 4.74 Å². The summed E-state index contributed by atoms with van der Waals surface area (Å²) in [4.78, 5) is 13.9. The molecule has 0 spiro atoms. The molecule has 1 aliphatic rings. The molecule has 3 N–H and O–H groups in total. The van der Waals surface area contributed by atoms with Crippen LogP contribution >= 0.6 is 0 Å². The summed E-state index contributed by atoms with van der Waals surface area (Å²) in [6, 6.07) is 8.23. The van der Waals surface area contributed by atoms with Gasteiger partial charge in [0.1, 0.15) is 30.5 Å². The summed E-state index contributed by atoms with van der Waals surface area (Å²) in [6.07, 6.45) is 2.76. The normalized spacial score (nSPS) is 16.2. The third-order valence-electron chi connectivity index (χ3n) is 4.49. The lowest BCUT2D eigenvalue weighted by Crippen LogP contribution is -3.14. The van der Waals surface area contributed by atoms with E-state index in [0.717, 1.165) is 67.0 Å². The van der Waals surface area contributed by atoms with Crippen LogP contribution in [0.25, 0.3) is 21.9 Å². The van der Waals surface area contributed by atoms with Crippen molar-refractivity contribution in [2.75, 3.05) is 44.7 Å². The first-order valence-corrected chi connectivity index (χ1v) is 8.28. The van der Waals surface area contributed by atoms with Crippen LogP contribution < -0.4 is 10.2 Å². The number of morpholine rings is 1. The van der Waals surface area contributed by atoms with Gasteiger partial charge in [0.05, 0.1) is 19.8 Å². The monoisotopic (exact) mass is 312 g/mol. The predicted molar refractivity (Wildman–Crippen MR) is 90.9 cm³/mol. The van der Waals surface area contributed by atoms with Gasteiger partial charge in [-0.1, -0.05) is 18.2 Å². The van der Waals surface area contributed by atoms with Crippen LogP contribution in [0.3, 0.4) is 0 Å². The summed E-state index contributed by atoms with van der Waals surface area (Å²) in [5, 5.41) is 4.61. The number of nitrogens with one attached hydrogen (secondary N) is 3. The van der Waals surface area contributed by atoms with Crippen LogP contribution in [0.4, 0.5) is 5.82 Å². The highest BCUT2D eigenvalue weighted by molar-refractivity contribution is 6.07. The number of nitrogens with zero attached hydrogens (tertiary/aromatic N) is 2. The maximum atomic E-state index is 5.39. The summed E-state index contributed by atoms with van der Waals surface area (Å²) in [7, 11) is 0. The molecule has 3 heterocycles. The Morgan fingerprint density at radius 1 is 1.17 bits per heavy atom. The quantitative estimate of drug-likeness (QED) is 0.611. The SMILES string of the molecule is c1ccc2c(c1)[nH]c1c(NCCC[NH+]3CCOCC3)ncnc12. The topological polar surface area (TPSA) is 67.3 Å². The number of rotatable bonds is 5. The van der Waals surface area contributed by atoms with Crippen molar-refractivity contribution in [3.05, 3.63) is 30.6 Å². The Labute approximate surface area is 134 Å². The molecule has 1 aromatic carbocycles. The van der Waals surface area contributed by atoms with E-state index in [1.165, 1.54) is 6.54 Å². The fourth-order valence-corrected chi connectivity index (χ4v) is 3.23. The van der Waals surface area contributed by atoms with Crippen LogP contribution in [0.1, 0.15) is 6.42 Å². The summed E-state index contributed by atoms with van der Waals surface area (Å²) in [5.74, 6) is 0.892. The molecule has 0 atom stereocenters. The predicted octanol–water partition coefficient (Wildman–Crippen LogP) is 0.828. The van der Waals surface area contributed by atoms with E-state index in [4.69, 9.17) is 4.74 Å². The van der Waals surface area contributed by atoms with E-state index in [2.05, 4.69) is 32.4 Å². The van der Waals surface area contributed by atoms with Crippen molar-refractivity contribution in [3.63, 3.8) is 0 Å². The lowest BCUT2D eigenvalue weighted by Gasteiger charge is -2.23. The zero-order valence-corrected chi connectivity index (χ0v) is 13.1. The van der Waals surface area contributed by atoms with Crippen LogP contribution in [0.5, 0.6) is 0 Å². The van der Waals surface area contributed by atoms with Crippen LogP contribution in [0.2, 0.25) is 0 Å². The van der Waals surface area contributed by atoms with Gasteiger partial charge in [-0.25, -0.2) is 9.97 Å². The molecule has 6 heteroatoms. The van der Waals surface area contributed by atoms with Crippen molar-refractivity contribution in [2.45, 2.75) is 6.42 Å². The molecule has 0 aliphatic carbocycles. The third kappa shape index (κ3) is 3.00. The molecule has 2 aromatic heterocycles. The van der Waals surface area contributed by atoms with Gasteiger partial charge in [-0.2, -0.15) is 0 Å². The minimum absolute atomic E-state index is 0.892. The molecular weight excluding hydrogens is 290 g/mol. The van der Waals surface area contributed by atoms with Gasteiger partial charge < -0.3 is 19.9 Å². The molecule has 1 aliphatic heterocycles. The second kappa shape index (κ2) is 6.52. The van der Waals surface area contributed by atoms with E-state index in [-0.39, 0.29) is 0 Å². The van der Waals surface area contributed by atoms with E-state index in [0.29, 0.717) is 0 Å². The summed E-state index contributed by atoms with van der Waals surface area (Å²) >= 11 is 0. The average molecular weight is 312 g/mol. The molecule has 0 radical (unpaired) electrons. The maximum absolute atomic E-state index is 5.39. The minimum atomic E-state index is 0.892. The highest BCUT2D eigenvalue weighted by Gasteiger charge is 2.13. The lowest BCUT2D eigenvalue weighted by molar-refractivity contribution is -0.908. The third-order valence-corrected chi connectivity index (χ3v) is 4.49. The van der Waals surface area contributed by atoms with Crippen LogP contribution in [0.15, 0.2) is 30.6 Å². The molecule has 120 valence electrons. The molecule has 1 saturated heterocycles. The average Bonchev–Trinajstić information content (AvgIpc) is 2.99. The first kappa shape index (κ1) is 14.4. The number of H-pyrrole nitrogens is 1. The number of quaternary nitrogens is 1. The Morgan fingerprint density at radius 3 is 2.96 bits per heavy atom. The largest absolute Gasteiger partial charge is 0.370 e. The van der Waals surface area contributed by atoms with Crippen molar-refractivity contribution >= 4 is 27.8 Å². The van der Waals surface area contributed by atoms with Crippen LogP contribution in [0, 0.1) is 0 Å². The standard InChI is InChI=1S/C17H21N5O/c1-2-5-14-13(4-1)15-16(21-14)17(20-12-19-15)18-6-3-7-22-8-10-23-11-9-22/h1-2,4-5,12,21H,3,6-11H2,(H,18,19,20)/p+1. The molecule has 0 saturated carbocycles. The van der Waals surface area contributed by atoms with Gasteiger partial charge >= 0.3 is 0 Å². The van der Waals surface area contributed by atoms with Gasteiger partial charge in [0, 0.05) is 23.9 Å². The van der Waals surface area contributed by atoms with Gasteiger partial charge in [0.25, 0.3) is 0 Å².